The molecule has 3 atom stereocenters. The molecule has 0 saturated carbocycles. The Bertz CT molecular complexity index is 1630. The molecule has 1 saturated heterocycles. The lowest BCUT2D eigenvalue weighted by Crippen LogP contribution is -2.47. The van der Waals surface area contributed by atoms with Crippen LogP contribution in [0.15, 0.2) is 42.5 Å². The van der Waals surface area contributed by atoms with Crippen molar-refractivity contribution in [1.29, 1.82) is 0 Å². The molecule has 2 aliphatic rings. The molecule has 0 radical (unpaired) electrons. The number of aryl methyl sites for hydroxylation is 1. The average Bonchev–Trinajstić information content (AvgIpc) is 2.97. The van der Waals surface area contributed by atoms with Crippen LogP contribution in [0.1, 0.15) is 60.3 Å². The van der Waals surface area contributed by atoms with Gasteiger partial charge < -0.3 is 14.5 Å². The number of hydrogen-bond acceptors (Lipinski definition) is 6. The molecule has 2 aromatic carbocycles. The van der Waals surface area contributed by atoms with Gasteiger partial charge in [0, 0.05) is 43.6 Å². The van der Waals surface area contributed by atoms with E-state index in [1.165, 1.54) is 4.90 Å². The minimum absolute atomic E-state index is 0.00157. The number of carbonyl (C=O) groups excluding carboxylic acids is 2. The van der Waals surface area contributed by atoms with Gasteiger partial charge in [0.25, 0.3) is 5.91 Å². The molecule has 1 aromatic heterocycles. The first-order valence-corrected chi connectivity index (χ1v) is 15.4. The fourth-order valence-corrected chi connectivity index (χ4v) is 6.78. The molecule has 0 spiro atoms. The van der Waals surface area contributed by atoms with Gasteiger partial charge in [-0.2, -0.15) is 31.3 Å². The lowest BCUT2D eigenvalue weighted by Gasteiger charge is -2.40. The molecule has 5 rings (SSSR count). The molecule has 13 heteroatoms. The van der Waals surface area contributed by atoms with Crippen molar-refractivity contribution in [3.8, 4) is 17.1 Å². The Morgan fingerprint density at radius 2 is 1.51 bits per heavy atom. The molecule has 1 fully saturated rings. The van der Waals surface area contributed by atoms with Gasteiger partial charge in [0.15, 0.2) is 0 Å². The van der Waals surface area contributed by atoms with Crippen molar-refractivity contribution >= 4 is 17.6 Å². The summed E-state index contributed by atoms with van der Waals surface area (Å²) in [4.78, 5) is 39.4. The zero-order valence-electron chi connectivity index (χ0n) is 26.7. The van der Waals surface area contributed by atoms with Crippen LogP contribution in [0.4, 0.5) is 32.3 Å². The number of benzene rings is 2. The van der Waals surface area contributed by atoms with Crippen LogP contribution in [0.3, 0.4) is 0 Å². The third-order valence-corrected chi connectivity index (χ3v) is 8.82. The Hall–Kier alpha value is -4.16. The molecular formula is C34H36F6N4O3. The van der Waals surface area contributed by atoms with Gasteiger partial charge in [0.2, 0.25) is 11.8 Å². The van der Waals surface area contributed by atoms with Crippen molar-refractivity contribution in [3.63, 3.8) is 0 Å². The Morgan fingerprint density at radius 3 is 2.06 bits per heavy atom. The molecule has 2 unspecified atom stereocenters. The molecule has 0 N–H and O–H groups in total. The van der Waals surface area contributed by atoms with E-state index in [4.69, 9.17) is 9.72 Å². The van der Waals surface area contributed by atoms with Gasteiger partial charge in [-0.1, -0.05) is 45.0 Å². The third kappa shape index (κ3) is 7.23. The number of alkyl halides is 6. The predicted octanol–water partition coefficient (Wildman–Crippen LogP) is 7.46. The Kier molecular flexibility index (Phi) is 9.31. The van der Waals surface area contributed by atoms with Crippen LogP contribution < -0.4 is 9.64 Å². The smallest absolute Gasteiger partial charge is 0.416 e. The Balaban J connectivity index is 1.63. The number of Topliss-reactive ketones (excluding diaryl/α,β-unsaturated/α-hetero) is 1. The number of anilines is 1. The quantitative estimate of drug-likeness (QED) is 0.264. The number of rotatable bonds is 5. The molecule has 7 nitrogen and oxygen atoms in total. The monoisotopic (exact) mass is 662 g/mol. The van der Waals surface area contributed by atoms with Crippen LogP contribution in [0.2, 0.25) is 0 Å². The standard InChI is InChI=1S/C34H36F6N4O3/c1-18-13-43(16-23-10-24(33(35,36)37)12-25(11-23)34(38,39)40)31(46)28-29(26-9-7-6-8-19(26)2)41-32(42-30(28)47-17-18)44-14-20(3)27(22(5)45)21(4)15-44/h6-12,18,20-21,27H,13-17H2,1-5H3/t18-,20?,21?,27?/m1/s1. The van der Waals surface area contributed by atoms with Gasteiger partial charge in [-0.15, -0.1) is 0 Å². The Labute approximate surface area is 268 Å². The number of amides is 1. The summed E-state index contributed by atoms with van der Waals surface area (Å²) in [5.74, 6) is -0.785. The van der Waals surface area contributed by atoms with E-state index in [2.05, 4.69) is 4.98 Å². The maximum Gasteiger partial charge on any atom is 0.416 e. The second-order valence-corrected chi connectivity index (χ2v) is 12.9. The number of fused-ring (bicyclic) bond motifs is 1. The van der Waals surface area contributed by atoms with Crippen LogP contribution in [-0.4, -0.2) is 52.8 Å². The zero-order chi connectivity index (χ0) is 34.4. The first-order valence-electron chi connectivity index (χ1n) is 15.4. The number of piperidine rings is 1. The van der Waals surface area contributed by atoms with Crippen LogP contribution in [0.25, 0.3) is 11.3 Å². The lowest BCUT2D eigenvalue weighted by molar-refractivity contribution is -0.143. The van der Waals surface area contributed by atoms with Crippen LogP contribution in [0.5, 0.6) is 5.88 Å². The van der Waals surface area contributed by atoms with Gasteiger partial charge in [-0.3, -0.25) is 9.59 Å². The second-order valence-electron chi connectivity index (χ2n) is 12.9. The number of hydrogen-bond donors (Lipinski definition) is 0. The molecule has 3 heterocycles. The SMILES string of the molecule is CC(=O)C1C(C)CN(c2nc3c(c(-c4ccccc4C)n2)C(=O)N(Cc2cc(C(F)(F)F)cc(C(F)(F)F)c2)C[C@@H](C)CO3)CC1C. The van der Waals surface area contributed by atoms with Gasteiger partial charge in [-0.25, -0.2) is 4.98 Å². The van der Waals surface area contributed by atoms with Crippen LogP contribution in [0, 0.1) is 30.6 Å². The predicted molar refractivity (Wildman–Crippen MR) is 163 cm³/mol. The van der Waals surface area contributed by atoms with E-state index in [-0.39, 0.29) is 71.4 Å². The molecule has 0 bridgehead atoms. The summed E-state index contributed by atoms with van der Waals surface area (Å²) in [7, 11) is 0. The van der Waals surface area contributed by atoms with Gasteiger partial charge in [0.1, 0.15) is 11.3 Å². The van der Waals surface area contributed by atoms with Crippen molar-refractivity contribution in [2.24, 2.45) is 23.7 Å². The third-order valence-electron chi connectivity index (χ3n) is 8.82. The molecule has 252 valence electrons. The molecule has 3 aromatic rings. The maximum absolute atomic E-state index is 14.4. The molecule has 1 amide bonds. The number of ether oxygens (including phenoxy) is 1. The van der Waals surface area contributed by atoms with Crippen molar-refractivity contribution in [2.45, 2.75) is 53.5 Å². The summed E-state index contributed by atoms with van der Waals surface area (Å²) in [5.41, 5.74) is -1.65. The lowest BCUT2D eigenvalue weighted by atomic mass is 9.77. The average molecular weight is 663 g/mol. The highest BCUT2D eigenvalue weighted by molar-refractivity contribution is 6.02. The highest BCUT2D eigenvalue weighted by Crippen LogP contribution is 2.39. The van der Waals surface area contributed by atoms with E-state index < -0.39 is 35.9 Å². The van der Waals surface area contributed by atoms with E-state index >= 15 is 0 Å². The summed E-state index contributed by atoms with van der Waals surface area (Å²) in [5, 5.41) is 0. The van der Waals surface area contributed by atoms with Gasteiger partial charge in [0.05, 0.1) is 23.4 Å². The topological polar surface area (TPSA) is 75.6 Å². The number of nitrogens with zero attached hydrogens (tertiary/aromatic N) is 4. The fraction of sp³-hybridized carbons (Fsp3) is 0.471. The van der Waals surface area contributed by atoms with E-state index in [0.717, 1.165) is 5.56 Å². The molecule has 0 aliphatic carbocycles. The van der Waals surface area contributed by atoms with E-state index in [9.17, 15) is 35.9 Å². The molecular weight excluding hydrogens is 626 g/mol. The summed E-state index contributed by atoms with van der Waals surface area (Å²) in [6.07, 6.45) is -10.1. The van der Waals surface area contributed by atoms with Gasteiger partial charge in [-0.05, 0) is 55.0 Å². The Morgan fingerprint density at radius 1 is 0.915 bits per heavy atom. The number of aromatic nitrogens is 2. The van der Waals surface area contributed by atoms with Crippen molar-refractivity contribution in [1.82, 2.24) is 14.9 Å². The highest BCUT2D eigenvalue weighted by atomic mass is 19.4. The first kappa shape index (κ1) is 34.2. The summed E-state index contributed by atoms with van der Waals surface area (Å²) < 4.78 is 88.0. The van der Waals surface area contributed by atoms with Crippen LogP contribution in [-0.2, 0) is 23.7 Å². The van der Waals surface area contributed by atoms with Crippen molar-refractivity contribution in [3.05, 3.63) is 70.3 Å². The highest BCUT2D eigenvalue weighted by Gasteiger charge is 2.39. The van der Waals surface area contributed by atoms with Crippen molar-refractivity contribution < 1.29 is 40.7 Å². The fourth-order valence-electron chi connectivity index (χ4n) is 6.78. The van der Waals surface area contributed by atoms with Crippen molar-refractivity contribution in [2.75, 3.05) is 31.1 Å². The van der Waals surface area contributed by atoms with E-state index in [0.29, 0.717) is 36.7 Å². The number of halogens is 6. The summed E-state index contributed by atoms with van der Waals surface area (Å²) in [6, 6.07) is 8.54. The first-order chi connectivity index (χ1) is 21.9. The van der Waals surface area contributed by atoms with E-state index in [1.54, 1.807) is 26.0 Å². The minimum Gasteiger partial charge on any atom is -0.477 e. The zero-order valence-corrected chi connectivity index (χ0v) is 26.7. The normalized spacial score (nSPS) is 22.3. The van der Waals surface area contributed by atoms with Crippen LogP contribution >= 0.6 is 0 Å². The molecule has 47 heavy (non-hydrogen) atoms. The number of ketones is 1. The maximum atomic E-state index is 14.4. The minimum atomic E-state index is -5.03. The largest absolute Gasteiger partial charge is 0.477 e. The second kappa shape index (κ2) is 12.8. The number of carbonyl (C=O) groups is 2. The van der Waals surface area contributed by atoms with E-state index in [1.807, 2.05) is 37.8 Å². The molecule has 2 aliphatic heterocycles. The van der Waals surface area contributed by atoms with Gasteiger partial charge >= 0.3 is 12.4 Å². The summed E-state index contributed by atoms with van der Waals surface area (Å²) >= 11 is 0. The summed E-state index contributed by atoms with van der Waals surface area (Å²) in [6.45, 7) is 9.68.